The standard InChI is InChI=1S/C19H18ClN3O2S.ClH/c20-18-7-6-17(26-18)16-8-15(22-25-16)19(24)23-10-13(9-21)14(11-23)12-4-2-1-3-5-12;/h1-8,13-14H,9-11,21H2;1H/t13-,14+;/m1./s1. The first-order chi connectivity index (χ1) is 12.7. The number of likely N-dealkylation sites (tertiary alicyclic amines) is 1. The Morgan fingerprint density at radius 2 is 2.04 bits per heavy atom. The molecular formula is C19H19Cl2N3O2S. The molecular weight excluding hydrogens is 405 g/mol. The summed E-state index contributed by atoms with van der Waals surface area (Å²) in [5.41, 5.74) is 7.49. The van der Waals surface area contributed by atoms with Gasteiger partial charge in [-0.05, 0) is 30.2 Å². The SMILES string of the molecule is Cl.NC[C@@H]1CN(C(=O)c2cc(-c3ccc(Cl)s3)on2)C[C@H]1c1ccccc1. The molecule has 1 aliphatic rings. The minimum Gasteiger partial charge on any atom is -0.355 e. The molecule has 3 heterocycles. The molecule has 1 aliphatic heterocycles. The van der Waals surface area contributed by atoms with Crippen LogP contribution in [0.3, 0.4) is 0 Å². The molecule has 2 aromatic heterocycles. The van der Waals surface area contributed by atoms with Gasteiger partial charge in [-0.15, -0.1) is 23.7 Å². The van der Waals surface area contributed by atoms with Crippen LogP contribution in [0.4, 0.5) is 0 Å². The Balaban J connectivity index is 0.00000210. The Morgan fingerprint density at radius 3 is 2.70 bits per heavy atom. The maximum atomic E-state index is 12.9. The molecule has 0 aliphatic carbocycles. The molecule has 2 atom stereocenters. The van der Waals surface area contributed by atoms with Gasteiger partial charge in [-0.25, -0.2) is 0 Å². The predicted molar refractivity (Wildman–Crippen MR) is 110 cm³/mol. The van der Waals surface area contributed by atoms with E-state index in [4.69, 9.17) is 21.9 Å². The minimum atomic E-state index is -0.125. The smallest absolute Gasteiger partial charge is 0.276 e. The van der Waals surface area contributed by atoms with Crippen LogP contribution in [0.15, 0.2) is 53.1 Å². The topological polar surface area (TPSA) is 72.4 Å². The van der Waals surface area contributed by atoms with Crippen LogP contribution in [0.25, 0.3) is 10.6 Å². The number of nitrogens with zero attached hydrogens (tertiary/aromatic N) is 2. The maximum absolute atomic E-state index is 12.9. The summed E-state index contributed by atoms with van der Waals surface area (Å²) in [4.78, 5) is 15.5. The summed E-state index contributed by atoms with van der Waals surface area (Å²) in [7, 11) is 0. The Kier molecular flexibility index (Phi) is 6.22. The van der Waals surface area contributed by atoms with E-state index in [1.807, 2.05) is 29.2 Å². The van der Waals surface area contributed by atoms with Crippen molar-refractivity contribution in [2.75, 3.05) is 19.6 Å². The molecule has 1 fully saturated rings. The Morgan fingerprint density at radius 1 is 1.26 bits per heavy atom. The fourth-order valence-electron chi connectivity index (χ4n) is 3.45. The van der Waals surface area contributed by atoms with Crippen molar-refractivity contribution < 1.29 is 9.32 Å². The van der Waals surface area contributed by atoms with Gasteiger partial charge in [-0.1, -0.05) is 47.1 Å². The van der Waals surface area contributed by atoms with Gasteiger partial charge < -0.3 is 15.2 Å². The summed E-state index contributed by atoms with van der Waals surface area (Å²) < 4.78 is 6.01. The van der Waals surface area contributed by atoms with E-state index in [-0.39, 0.29) is 30.2 Å². The molecule has 3 aromatic rings. The molecule has 5 nitrogen and oxygen atoms in total. The summed E-state index contributed by atoms with van der Waals surface area (Å²) in [6.45, 7) is 1.81. The molecule has 1 saturated heterocycles. The summed E-state index contributed by atoms with van der Waals surface area (Å²) >= 11 is 7.35. The fourth-order valence-corrected chi connectivity index (χ4v) is 4.45. The lowest BCUT2D eigenvalue weighted by Crippen LogP contribution is -2.30. The number of hydrogen-bond donors (Lipinski definition) is 1. The van der Waals surface area contributed by atoms with Crippen molar-refractivity contribution in [1.29, 1.82) is 0 Å². The van der Waals surface area contributed by atoms with Crippen molar-refractivity contribution in [2.45, 2.75) is 5.92 Å². The third-order valence-electron chi connectivity index (χ3n) is 4.80. The molecule has 1 amide bonds. The zero-order valence-corrected chi connectivity index (χ0v) is 16.8. The summed E-state index contributed by atoms with van der Waals surface area (Å²) in [5, 5.41) is 3.96. The van der Waals surface area contributed by atoms with Gasteiger partial charge in [0, 0.05) is 25.1 Å². The van der Waals surface area contributed by atoms with E-state index in [9.17, 15) is 4.79 Å². The number of benzene rings is 1. The molecule has 142 valence electrons. The minimum absolute atomic E-state index is 0. The number of aromatic nitrogens is 1. The molecule has 0 radical (unpaired) electrons. The molecule has 8 heteroatoms. The first kappa shape index (κ1) is 19.9. The van der Waals surface area contributed by atoms with Gasteiger partial charge >= 0.3 is 0 Å². The highest BCUT2D eigenvalue weighted by Gasteiger charge is 2.36. The van der Waals surface area contributed by atoms with Gasteiger partial charge in [0.1, 0.15) is 0 Å². The number of rotatable bonds is 4. The van der Waals surface area contributed by atoms with E-state index in [2.05, 4.69) is 17.3 Å². The van der Waals surface area contributed by atoms with Gasteiger partial charge in [0.2, 0.25) is 0 Å². The van der Waals surface area contributed by atoms with Gasteiger partial charge in [0.25, 0.3) is 5.91 Å². The number of amides is 1. The third kappa shape index (κ3) is 4.04. The van der Waals surface area contributed by atoms with Crippen LogP contribution in [0.1, 0.15) is 22.0 Å². The number of nitrogens with two attached hydrogens (primary N) is 1. The van der Waals surface area contributed by atoms with Crippen LogP contribution in [0.2, 0.25) is 4.34 Å². The third-order valence-corrected chi connectivity index (χ3v) is 6.05. The summed E-state index contributed by atoms with van der Waals surface area (Å²) in [5.74, 6) is 0.912. The van der Waals surface area contributed by atoms with Gasteiger partial charge in [-0.3, -0.25) is 4.79 Å². The van der Waals surface area contributed by atoms with Crippen LogP contribution in [-0.4, -0.2) is 35.6 Å². The van der Waals surface area contributed by atoms with Crippen LogP contribution in [-0.2, 0) is 0 Å². The summed E-state index contributed by atoms with van der Waals surface area (Å²) in [6, 6.07) is 15.5. The van der Waals surface area contributed by atoms with E-state index in [1.165, 1.54) is 16.9 Å². The monoisotopic (exact) mass is 423 g/mol. The van der Waals surface area contributed by atoms with Crippen LogP contribution >= 0.6 is 35.3 Å². The van der Waals surface area contributed by atoms with Crippen molar-refractivity contribution in [3.05, 3.63) is 64.1 Å². The highest BCUT2D eigenvalue weighted by Crippen LogP contribution is 2.34. The molecule has 2 N–H and O–H groups in total. The first-order valence-corrected chi connectivity index (χ1v) is 9.62. The van der Waals surface area contributed by atoms with Gasteiger partial charge in [-0.2, -0.15) is 0 Å². The fraction of sp³-hybridized carbons (Fsp3) is 0.263. The predicted octanol–water partition coefficient (Wildman–Crippen LogP) is 4.29. The quantitative estimate of drug-likeness (QED) is 0.678. The zero-order chi connectivity index (χ0) is 18.1. The lowest BCUT2D eigenvalue weighted by atomic mass is 9.89. The van der Waals surface area contributed by atoms with Crippen LogP contribution in [0, 0.1) is 5.92 Å². The number of carbonyl (C=O) groups excluding carboxylic acids is 1. The van der Waals surface area contributed by atoms with Crippen molar-refractivity contribution in [1.82, 2.24) is 10.1 Å². The van der Waals surface area contributed by atoms with Crippen LogP contribution < -0.4 is 5.73 Å². The molecule has 27 heavy (non-hydrogen) atoms. The molecule has 0 bridgehead atoms. The second-order valence-corrected chi connectivity index (χ2v) is 8.12. The number of carbonyl (C=O) groups is 1. The largest absolute Gasteiger partial charge is 0.355 e. The zero-order valence-electron chi connectivity index (χ0n) is 14.4. The molecule has 0 spiro atoms. The lowest BCUT2D eigenvalue weighted by Gasteiger charge is -2.16. The second-order valence-electron chi connectivity index (χ2n) is 6.40. The highest BCUT2D eigenvalue weighted by molar-refractivity contribution is 7.19. The van der Waals surface area contributed by atoms with Crippen molar-refractivity contribution >= 4 is 41.3 Å². The highest BCUT2D eigenvalue weighted by atomic mass is 35.5. The van der Waals surface area contributed by atoms with Crippen molar-refractivity contribution in [2.24, 2.45) is 11.7 Å². The number of thiophene rings is 1. The van der Waals surface area contributed by atoms with E-state index < -0.39 is 0 Å². The number of halogens is 2. The van der Waals surface area contributed by atoms with Crippen LogP contribution in [0.5, 0.6) is 0 Å². The van der Waals surface area contributed by atoms with Crippen molar-refractivity contribution in [3.8, 4) is 10.6 Å². The average Bonchev–Trinajstić information content (AvgIpc) is 3.40. The van der Waals surface area contributed by atoms with E-state index >= 15 is 0 Å². The Labute approximate surface area is 172 Å². The van der Waals surface area contributed by atoms with Gasteiger partial charge in [0.05, 0.1) is 9.21 Å². The molecule has 1 aromatic carbocycles. The van der Waals surface area contributed by atoms with E-state index in [0.717, 1.165) is 4.88 Å². The normalized spacial score (nSPS) is 19.1. The Hall–Kier alpha value is -1.86. The lowest BCUT2D eigenvalue weighted by molar-refractivity contribution is 0.0776. The van der Waals surface area contributed by atoms with Crippen molar-refractivity contribution in [3.63, 3.8) is 0 Å². The number of hydrogen-bond acceptors (Lipinski definition) is 5. The average molecular weight is 424 g/mol. The van der Waals surface area contributed by atoms with E-state index in [0.29, 0.717) is 35.4 Å². The summed E-state index contributed by atoms with van der Waals surface area (Å²) in [6.07, 6.45) is 0. The molecule has 0 unspecified atom stereocenters. The molecule has 0 saturated carbocycles. The first-order valence-electron chi connectivity index (χ1n) is 8.42. The van der Waals surface area contributed by atoms with Gasteiger partial charge in [0.15, 0.2) is 11.5 Å². The second kappa shape index (κ2) is 8.44. The molecule has 4 rings (SSSR count). The van der Waals surface area contributed by atoms with E-state index in [1.54, 1.807) is 12.1 Å². The Bertz CT molecular complexity index is 913. The maximum Gasteiger partial charge on any atom is 0.276 e.